The van der Waals surface area contributed by atoms with Crippen LogP contribution < -0.4 is 10.6 Å². The van der Waals surface area contributed by atoms with Crippen LogP contribution in [0.4, 0.5) is 5.69 Å². The number of nitrogens with one attached hydrogen (secondary N) is 2. The monoisotopic (exact) mass is 246 g/mol. The standard InChI is InChI=1S/C15H22N2O/c1-15(10-6-3-7-11-15)16-12-14(18)17-13-8-4-2-5-9-13/h2,4-5,8-9,16H,3,6-7,10-12H2,1H3,(H,17,18). The Bertz CT molecular complexity index is 383. The molecular weight excluding hydrogens is 224 g/mol. The fraction of sp³-hybridized carbons (Fsp3) is 0.533. The summed E-state index contributed by atoms with van der Waals surface area (Å²) in [6, 6.07) is 9.59. The second kappa shape index (κ2) is 6.01. The summed E-state index contributed by atoms with van der Waals surface area (Å²) in [6.07, 6.45) is 6.21. The molecule has 98 valence electrons. The van der Waals surface area contributed by atoms with Crippen LogP contribution >= 0.6 is 0 Å². The van der Waals surface area contributed by atoms with E-state index in [4.69, 9.17) is 0 Å². The summed E-state index contributed by atoms with van der Waals surface area (Å²) in [5.74, 6) is 0.0352. The Labute approximate surface area is 109 Å². The van der Waals surface area contributed by atoms with Crippen LogP contribution in [0.25, 0.3) is 0 Å². The van der Waals surface area contributed by atoms with Crippen LogP contribution in [0.3, 0.4) is 0 Å². The first kappa shape index (κ1) is 13.1. The van der Waals surface area contributed by atoms with Crippen LogP contribution in [-0.4, -0.2) is 18.0 Å². The van der Waals surface area contributed by atoms with E-state index in [1.54, 1.807) is 0 Å². The lowest BCUT2D eigenvalue weighted by molar-refractivity contribution is -0.115. The van der Waals surface area contributed by atoms with Crippen molar-refractivity contribution in [2.24, 2.45) is 0 Å². The third-order valence-electron chi connectivity index (χ3n) is 3.69. The summed E-state index contributed by atoms with van der Waals surface area (Å²) in [5, 5.41) is 6.30. The van der Waals surface area contributed by atoms with Crippen LogP contribution in [0.2, 0.25) is 0 Å². The molecule has 2 N–H and O–H groups in total. The van der Waals surface area contributed by atoms with Gasteiger partial charge in [0.2, 0.25) is 5.91 Å². The summed E-state index contributed by atoms with van der Waals surface area (Å²) in [7, 11) is 0. The molecule has 0 saturated heterocycles. The van der Waals surface area contributed by atoms with Gasteiger partial charge in [-0.3, -0.25) is 4.79 Å². The van der Waals surface area contributed by atoms with Gasteiger partial charge in [0.15, 0.2) is 0 Å². The molecule has 1 aromatic rings. The van der Waals surface area contributed by atoms with E-state index in [0.29, 0.717) is 6.54 Å². The van der Waals surface area contributed by atoms with Gasteiger partial charge in [0.25, 0.3) is 0 Å². The van der Waals surface area contributed by atoms with Crippen molar-refractivity contribution in [2.45, 2.75) is 44.6 Å². The molecular formula is C15H22N2O. The molecule has 3 nitrogen and oxygen atoms in total. The van der Waals surface area contributed by atoms with Gasteiger partial charge in [-0.1, -0.05) is 37.5 Å². The number of rotatable bonds is 4. The lowest BCUT2D eigenvalue weighted by Gasteiger charge is -2.34. The van der Waals surface area contributed by atoms with Crippen molar-refractivity contribution in [3.05, 3.63) is 30.3 Å². The Kier molecular flexibility index (Phi) is 4.37. The van der Waals surface area contributed by atoms with Crippen molar-refractivity contribution in [1.82, 2.24) is 5.32 Å². The first-order valence-electron chi connectivity index (χ1n) is 6.78. The van der Waals surface area contributed by atoms with Gasteiger partial charge in [0.1, 0.15) is 0 Å². The summed E-state index contributed by atoms with van der Waals surface area (Å²) in [6.45, 7) is 2.62. The Balaban J connectivity index is 1.78. The second-order valence-corrected chi connectivity index (χ2v) is 5.39. The Morgan fingerprint density at radius 2 is 1.83 bits per heavy atom. The third-order valence-corrected chi connectivity index (χ3v) is 3.69. The molecule has 0 unspecified atom stereocenters. The van der Waals surface area contributed by atoms with Crippen LogP contribution in [0.5, 0.6) is 0 Å². The highest BCUT2D eigenvalue weighted by molar-refractivity contribution is 5.92. The van der Waals surface area contributed by atoms with Gasteiger partial charge in [0, 0.05) is 11.2 Å². The largest absolute Gasteiger partial charge is 0.325 e. The molecule has 0 radical (unpaired) electrons. The van der Waals surface area contributed by atoms with Crippen molar-refractivity contribution in [2.75, 3.05) is 11.9 Å². The highest BCUT2D eigenvalue weighted by atomic mass is 16.1. The fourth-order valence-electron chi connectivity index (χ4n) is 2.53. The lowest BCUT2D eigenvalue weighted by atomic mass is 9.83. The molecule has 1 aliphatic rings. The third kappa shape index (κ3) is 3.84. The minimum absolute atomic E-state index is 0.0352. The van der Waals surface area contributed by atoms with Gasteiger partial charge < -0.3 is 10.6 Å². The van der Waals surface area contributed by atoms with Crippen molar-refractivity contribution >= 4 is 11.6 Å². The normalized spacial score (nSPS) is 18.3. The molecule has 0 aromatic heterocycles. The van der Waals surface area contributed by atoms with Gasteiger partial charge in [-0.15, -0.1) is 0 Å². The van der Waals surface area contributed by atoms with Gasteiger partial charge in [0.05, 0.1) is 6.54 Å². The zero-order valence-corrected chi connectivity index (χ0v) is 11.0. The minimum Gasteiger partial charge on any atom is -0.325 e. The quantitative estimate of drug-likeness (QED) is 0.857. The number of carbonyl (C=O) groups is 1. The zero-order chi connectivity index (χ0) is 12.8. The smallest absolute Gasteiger partial charge is 0.238 e. The highest BCUT2D eigenvalue weighted by Crippen LogP contribution is 2.27. The molecule has 1 saturated carbocycles. The van der Waals surface area contributed by atoms with E-state index in [9.17, 15) is 4.79 Å². The zero-order valence-electron chi connectivity index (χ0n) is 11.0. The molecule has 3 heteroatoms. The number of carbonyl (C=O) groups excluding carboxylic acids is 1. The lowest BCUT2D eigenvalue weighted by Crippen LogP contribution is -2.47. The maximum absolute atomic E-state index is 11.8. The molecule has 18 heavy (non-hydrogen) atoms. The molecule has 1 aliphatic carbocycles. The molecule has 0 heterocycles. The summed E-state index contributed by atoms with van der Waals surface area (Å²) >= 11 is 0. The average molecular weight is 246 g/mol. The van der Waals surface area contributed by atoms with Crippen LogP contribution in [0.1, 0.15) is 39.0 Å². The number of anilines is 1. The predicted molar refractivity (Wildman–Crippen MR) is 74.6 cm³/mol. The number of para-hydroxylation sites is 1. The van der Waals surface area contributed by atoms with Crippen molar-refractivity contribution in [1.29, 1.82) is 0 Å². The van der Waals surface area contributed by atoms with Crippen LogP contribution in [0.15, 0.2) is 30.3 Å². The van der Waals surface area contributed by atoms with E-state index >= 15 is 0 Å². The van der Waals surface area contributed by atoms with E-state index in [-0.39, 0.29) is 11.4 Å². The first-order valence-corrected chi connectivity index (χ1v) is 6.78. The second-order valence-electron chi connectivity index (χ2n) is 5.39. The van der Waals surface area contributed by atoms with Gasteiger partial charge >= 0.3 is 0 Å². The summed E-state index contributed by atoms with van der Waals surface area (Å²) in [5.41, 5.74) is 1.00. The molecule has 2 rings (SSSR count). The Morgan fingerprint density at radius 1 is 1.17 bits per heavy atom. The number of hydrogen-bond donors (Lipinski definition) is 2. The van der Waals surface area contributed by atoms with Crippen LogP contribution in [-0.2, 0) is 4.79 Å². The van der Waals surface area contributed by atoms with E-state index in [1.807, 2.05) is 30.3 Å². The molecule has 1 amide bonds. The maximum Gasteiger partial charge on any atom is 0.238 e. The number of benzene rings is 1. The molecule has 0 bridgehead atoms. The van der Waals surface area contributed by atoms with Crippen molar-refractivity contribution in [3.8, 4) is 0 Å². The summed E-state index contributed by atoms with van der Waals surface area (Å²) in [4.78, 5) is 11.8. The van der Waals surface area contributed by atoms with Crippen LogP contribution in [0, 0.1) is 0 Å². The van der Waals surface area contributed by atoms with Crippen molar-refractivity contribution in [3.63, 3.8) is 0 Å². The molecule has 0 atom stereocenters. The maximum atomic E-state index is 11.8. The van der Waals surface area contributed by atoms with Gasteiger partial charge in [-0.05, 0) is 31.9 Å². The Morgan fingerprint density at radius 3 is 2.50 bits per heavy atom. The van der Waals surface area contributed by atoms with Crippen molar-refractivity contribution < 1.29 is 4.79 Å². The molecule has 0 spiro atoms. The van der Waals surface area contributed by atoms with Gasteiger partial charge in [-0.2, -0.15) is 0 Å². The summed E-state index contributed by atoms with van der Waals surface area (Å²) < 4.78 is 0. The highest BCUT2D eigenvalue weighted by Gasteiger charge is 2.26. The SMILES string of the molecule is CC1(NCC(=O)Nc2ccccc2)CCCCC1. The topological polar surface area (TPSA) is 41.1 Å². The minimum atomic E-state index is 0.0352. The van der Waals surface area contributed by atoms with E-state index < -0.39 is 0 Å². The predicted octanol–water partition coefficient (Wildman–Crippen LogP) is 2.94. The fourth-order valence-corrected chi connectivity index (χ4v) is 2.53. The molecule has 0 aliphatic heterocycles. The first-order chi connectivity index (χ1) is 8.68. The molecule has 1 aromatic carbocycles. The van der Waals surface area contributed by atoms with E-state index in [0.717, 1.165) is 5.69 Å². The number of hydrogen-bond acceptors (Lipinski definition) is 2. The Hall–Kier alpha value is -1.35. The van der Waals surface area contributed by atoms with Gasteiger partial charge in [-0.25, -0.2) is 0 Å². The molecule has 1 fully saturated rings. The average Bonchev–Trinajstić information content (AvgIpc) is 2.39. The van der Waals surface area contributed by atoms with E-state index in [1.165, 1.54) is 32.1 Å². The van der Waals surface area contributed by atoms with E-state index in [2.05, 4.69) is 17.6 Å². The number of amides is 1.